The molecule has 0 aliphatic rings. The zero-order chi connectivity index (χ0) is 30.2. The van der Waals surface area contributed by atoms with E-state index in [0.717, 1.165) is 6.07 Å². The summed E-state index contributed by atoms with van der Waals surface area (Å²) in [4.78, 5) is 22.1. The number of nitrogen functional groups attached to an aromatic ring is 1. The van der Waals surface area contributed by atoms with Crippen molar-refractivity contribution < 1.29 is 37.9 Å². The van der Waals surface area contributed by atoms with Crippen LogP contribution in [0.4, 0.5) is 28.4 Å². The predicted molar refractivity (Wildman–Crippen MR) is 153 cm³/mol. The van der Waals surface area contributed by atoms with Crippen LogP contribution in [0.25, 0.3) is 21.5 Å². The van der Waals surface area contributed by atoms with Gasteiger partial charge >= 0.3 is 11.9 Å². The standard InChI is InChI=1S/C28H19N5O8S/c29-17-5-1-15-12-24(42(39,40)41)25(26(34)20(15)13-17)33-32-22-9-10-23(21-11-16(28(37)38)4-8-19(21)22)31-30-18-6-2-14(3-7-18)27(35)36/h1-13,34H,29H2,(H,35,36)(H,37,38)(H,39,40,41)/b31-30+,33-32+. The van der Waals surface area contributed by atoms with Gasteiger partial charge in [-0.3, -0.25) is 4.55 Å². The molecule has 5 rings (SSSR count). The van der Waals surface area contributed by atoms with E-state index in [9.17, 15) is 32.8 Å². The van der Waals surface area contributed by atoms with Crippen LogP contribution in [-0.2, 0) is 10.1 Å². The van der Waals surface area contributed by atoms with Gasteiger partial charge in [0, 0.05) is 21.8 Å². The molecule has 0 spiro atoms. The molecule has 0 fully saturated rings. The predicted octanol–water partition coefficient (Wildman–Crippen LogP) is 6.75. The van der Waals surface area contributed by atoms with Crippen molar-refractivity contribution in [3.8, 4) is 5.75 Å². The summed E-state index contributed by atoms with van der Waals surface area (Å²) < 4.78 is 34.1. The Balaban J connectivity index is 1.63. The number of azo groups is 2. The van der Waals surface area contributed by atoms with Crippen molar-refractivity contribution in [2.24, 2.45) is 20.5 Å². The number of nitrogens with zero attached hydrogens (tertiary/aromatic N) is 4. The normalized spacial score (nSPS) is 12.0. The van der Waals surface area contributed by atoms with Crippen molar-refractivity contribution in [3.05, 3.63) is 90.0 Å². The Morgan fingerprint density at radius 1 is 0.667 bits per heavy atom. The molecule has 5 aromatic rings. The summed E-state index contributed by atoms with van der Waals surface area (Å²) in [5.41, 5.74) is 6.33. The Morgan fingerprint density at radius 2 is 1.29 bits per heavy atom. The van der Waals surface area contributed by atoms with Crippen LogP contribution in [-0.4, -0.2) is 40.2 Å². The number of phenolic OH excluding ortho intramolecular Hbond substituents is 1. The zero-order valence-electron chi connectivity index (χ0n) is 21.2. The SMILES string of the molecule is Nc1ccc2cc(S(=O)(=O)O)c(/N=N/c3ccc(/N=N/c4ccc(C(=O)O)cc4)c4cc(C(=O)O)ccc34)c(O)c2c1. The molecule has 0 aromatic heterocycles. The van der Waals surface area contributed by atoms with Gasteiger partial charge in [-0.1, -0.05) is 12.1 Å². The maximum atomic E-state index is 12.1. The molecule has 0 heterocycles. The summed E-state index contributed by atoms with van der Waals surface area (Å²) in [6.45, 7) is 0. The summed E-state index contributed by atoms with van der Waals surface area (Å²) in [7, 11) is -4.84. The lowest BCUT2D eigenvalue weighted by Crippen LogP contribution is -1.99. The van der Waals surface area contributed by atoms with Crippen LogP contribution < -0.4 is 5.73 Å². The number of aromatic carboxylic acids is 2. The minimum atomic E-state index is -4.84. The van der Waals surface area contributed by atoms with Crippen LogP contribution in [0.3, 0.4) is 0 Å². The zero-order valence-corrected chi connectivity index (χ0v) is 22.0. The second kappa shape index (κ2) is 10.7. The van der Waals surface area contributed by atoms with Crippen LogP contribution >= 0.6 is 0 Å². The largest absolute Gasteiger partial charge is 0.505 e. The Hall–Kier alpha value is -5.73. The van der Waals surface area contributed by atoms with Crippen molar-refractivity contribution in [3.63, 3.8) is 0 Å². The number of carbonyl (C=O) groups is 2. The second-order valence-corrected chi connectivity index (χ2v) is 10.3. The molecule has 0 saturated carbocycles. The van der Waals surface area contributed by atoms with Crippen LogP contribution in [0.15, 0.2) is 104 Å². The number of carboxylic acid groups (broad SMARTS) is 2. The Morgan fingerprint density at radius 3 is 1.93 bits per heavy atom. The van der Waals surface area contributed by atoms with Crippen molar-refractivity contribution in [2.45, 2.75) is 4.90 Å². The molecule has 0 amide bonds. The van der Waals surface area contributed by atoms with E-state index in [-0.39, 0.29) is 33.3 Å². The molecule has 0 saturated heterocycles. The van der Waals surface area contributed by atoms with Crippen LogP contribution in [0, 0.1) is 0 Å². The van der Waals surface area contributed by atoms with E-state index in [2.05, 4.69) is 20.5 Å². The second-order valence-electron chi connectivity index (χ2n) is 8.95. The average Bonchev–Trinajstić information content (AvgIpc) is 2.95. The summed E-state index contributed by atoms with van der Waals surface area (Å²) in [5, 5.41) is 46.9. The van der Waals surface area contributed by atoms with Crippen molar-refractivity contribution in [1.29, 1.82) is 0 Å². The van der Waals surface area contributed by atoms with Crippen molar-refractivity contribution in [2.75, 3.05) is 5.73 Å². The highest BCUT2D eigenvalue weighted by Gasteiger charge is 2.22. The Kier molecular flexibility index (Phi) is 7.08. The van der Waals surface area contributed by atoms with E-state index < -0.39 is 38.4 Å². The number of benzene rings is 5. The van der Waals surface area contributed by atoms with E-state index in [1.54, 1.807) is 0 Å². The number of fused-ring (bicyclic) bond motifs is 2. The molecule has 13 nitrogen and oxygen atoms in total. The van der Waals surface area contributed by atoms with Gasteiger partial charge in [0.05, 0.1) is 28.2 Å². The molecular formula is C28H19N5O8S. The third-order valence-corrected chi connectivity index (χ3v) is 7.08. The lowest BCUT2D eigenvalue weighted by atomic mass is 10.0. The minimum absolute atomic E-state index is 0.0581. The smallest absolute Gasteiger partial charge is 0.335 e. The third kappa shape index (κ3) is 5.47. The van der Waals surface area contributed by atoms with E-state index in [4.69, 9.17) is 10.8 Å². The number of rotatable bonds is 7. The summed E-state index contributed by atoms with van der Waals surface area (Å²) >= 11 is 0. The average molecular weight is 586 g/mol. The highest BCUT2D eigenvalue weighted by molar-refractivity contribution is 7.86. The van der Waals surface area contributed by atoms with E-state index in [0.29, 0.717) is 22.1 Å². The minimum Gasteiger partial charge on any atom is -0.505 e. The fourth-order valence-corrected chi connectivity index (χ4v) is 4.82. The van der Waals surface area contributed by atoms with Gasteiger partial charge in [0.15, 0.2) is 5.75 Å². The first-order valence-corrected chi connectivity index (χ1v) is 13.4. The number of aromatic hydroxyl groups is 1. The molecular weight excluding hydrogens is 566 g/mol. The number of hydrogen-bond acceptors (Lipinski definition) is 10. The van der Waals surface area contributed by atoms with Crippen molar-refractivity contribution in [1.82, 2.24) is 0 Å². The van der Waals surface area contributed by atoms with Gasteiger partial charge in [0.2, 0.25) is 0 Å². The number of carboxylic acids is 2. The molecule has 0 atom stereocenters. The maximum Gasteiger partial charge on any atom is 0.335 e. The van der Waals surface area contributed by atoms with Gasteiger partial charge in [-0.05, 0) is 72.1 Å². The fourth-order valence-electron chi connectivity index (χ4n) is 4.16. The topological polar surface area (TPSA) is 225 Å². The van der Waals surface area contributed by atoms with E-state index in [1.165, 1.54) is 72.8 Å². The van der Waals surface area contributed by atoms with Crippen molar-refractivity contribution >= 4 is 72.0 Å². The molecule has 0 bridgehead atoms. The number of nitrogens with two attached hydrogens (primary N) is 1. The van der Waals surface area contributed by atoms with E-state index in [1.807, 2.05) is 0 Å². The molecule has 14 heteroatoms. The first-order chi connectivity index (χ1) is 19.9. The van der Waals surface area contributed by atoms with Gasteiger partial charge in [-0.25, -0.2) is 9.59 Å². The lowest BCUT2D eigenvalue weighted by Gasteiger charge is -2.10. The monoisotopic (exact) mass is 585 g/mol. The molecule has 210 valence electrons. The Bertz CT molecular complexity index is 2090. The highest BCUT2D eigenvalue weighted by atomic mass is 32.2. The highest BCUT2D eigenvalue weighted by Crippen LogP contribution is 2.43. The molecule has 0 aliphatic heterocycles. The van der Waals surface area contributed by atoms with Crippen LogP contribution in [0.5, 0.6) is 5.75 Å². The van der Waals surface area contributed by atoms with Gasteiger partial charge in [0.1, 0.15) is 10.6 Å². The number of phenols is 1. The first-order valence-electron chi connectivity index (χ1n) is 11.9. The quantitative estimate of drug-likeness (QED) is 0.0771. The lowest BCUT2D eigenvalue weighted by molar-refractivity contribution is 0.0686. The molecule has 5 aromatic carbocycles. The molecule has 42 heavy (non-hydrogen) atoms. The van der Waals surface area contributed by atoms with Gasteiger partial charge in [-0.2, -0.15) is 13.5 Å². The maximum absolute atomic E-state index is 12.1. The Labute approximate surface area is 236 Å². The van der Waals surface area contributed by atoms with Crippen LogP contribution in [0.2, 0.25) is 0 Å². The number of anilines is 1. The summed E-state index contributed by atoms with van der Waals surface area (Å²) in [6, 6.07) is 18.2. The van der Waals surface area contributed by atoms with Crippen LogP contribution in [0.1, 0.15) is 20.7 Å². The molecule has 0 aliphatic carbocycles. The fraction of sp³-hybridized carbons (Fsp3) is 0. The third-order valence-electron chi connectivity index (χ3n) is 6.22. The molecule has 6 N–H and O–H groups in total. The molecule has 0 unspecified atom stereocenters. The summed E-state index contributed by atoms with van der Waals surface area (Å²) in [5.74, 6) is -2.87. The van der Waals surface area contributed by atoms with E-state index >= 15 is 0 Å². The summed E-state index contributed by atoms with van der Waals surface area (Å²) in [6.07, 6.45) is 0. The first kappa shape index (κ1) is 27.8. The van der Waals surface area contributed by atoms with Gasteiger partial charge in [-0.15, -0.1) is 15.3 Å². The number of hydrogen-bond donors (Lipinski definition) is 5. The molecule has 0 radical (unpaired) electrons. The van der Waals surface area contributed by atoms with Gasteiger partial charge < -0.3 is 21.1 Å². The van der Waals surface area contributed by atoms with Gasteiger partial charge in [0.25, 0.3) is 10.1 Å².